The zero-order valence-electron chi connectivity index (χ0n) is 15.6. The lowest BCUT2D eigenvalue weighted by Gasteiger charge is -2.21. The molecule has 0 saturated carbocycles. The van der Waals surface area contributed by atoms with Gasteiger partial charge in [-0.2, -0.15) is 0 Å². The van der Waals surface area contributed by atoms with E-state index in [1.165, 1.54) is 12.5 Å². The molecule has 3 N–H and O–H groups in total. The van der Waals surface area contributed by atoms with Crippen molar-refractivity contribution in [2.75, 3.05) is 13.1 Å². The molecule has 5 heteroatoms. The molecule has 5 nitrogen and oxygen atoms in total. The van der Waals surface area contributed by atoms with Gasteiger partial charge in [0.25, 0.3) is 0 Å². The molecule has 0 heterocycles. The highest BCUT2D eigenvalue weighted by Crippen LogP contribution is 2.05. The van der Waals surface area contributed by atoms with E-state index in [2.05, 4.69) is 48.7 Å². The van der Waals surface area contributed by atoms with Gasteiger partial charge in [0.1, 0.15) is 12.6 Å². The first-order valence-electron chi connectivity index (χ1n) is 8.83. The monoisotopic (exact) mass is 334 g/mol. The fourth-order valence-electron chi connectivity index (χ4n) is 2.62. The molecule has 1 aromatic carbocycles. The number of amides is 2. The van der Waals surface area contributed by atoms with Crippen molar-refractivity contribution in [3.8, 4) is 0 Å². The predicted molar refractivity (Wildman–Crippen MR) is 96.5 cm³/mol. The second-order valence-electron chi connectivity index (χ2n) is 6.59. The van der Waals surface area contributed by atoms with E-state index in [1.54, 1.807) is 4.90 Å². The predicted octanol–water partition coefficient (Wildman–Crippen LogP) is 0.888. The zero-order valence-corrected chi connectivity index (χ0v) is 15.6. The van der Waals surface area contributed by atoms with Gasteiger partial charge in [0.2, 0.25) is 11.8 Å². The summed E-state index contributed by atoms with van der Waals surface area (Å²) in [6, 6.07) is 7.87. The summed E-state index contributed by atoms with van der Waals surface area (Å²) < 4.78 is 0. The Morgan fingerprint density at radius 3 is 2.04 bits per heavy atom. The second-order valence-corrected chi connectivity index (χ2v) is 6.59. The van der Waals surface area contributed by atoms with Gasteiger partial charge in [-0.1, -0.05) is 38.1 Å². The van der Waals surface area contributed by atoms with Gasteiger partial charge < -0.3 is 15.5 Å². The molecule has 0 aliphatic heterocycles. The molecular weight excluding hydrogens is 302 g/mol. The largest absolute Gasteiger partial charge is 0.350 e. The summed E-state index contributed by atoms with van der Waals surface area (Å²) in [5.74, 6) is -0.280. The van der Waals surface area contributed by atoms with Gasteiger partial charge in [-0.3, -0.25) is 9.59 Å². The van der Waals surface area contributed by atoms with Gasteiger partial charge in [0.05, 0.1) is 13.1 Å². The molecule has 0 aliphatic carbocycles. The van der Waals surface area contributed by atoms with Crippen molar-refractivity contribution in [3.05, 3.63) is 35.4 Å². The molecule has 0 bridgehead atoms. The Morgan fingerprint density at radius 2 is 1.58 bits per heavy atom. The number of benzene rings is 1. The van der Waals surface area contributed by atoms with E-state index >= 15 is 0 Å². The fourth-order valence-corrected chi connectivity index (χ4v) is 2.62. The Kier molecular flexibility index (Phi) is 8.47. The molecule has 24 heavy (non-hydrogen) atoms. The molecule has 0 fully saturated rings. The first kappa shape index (κ1) is 20.2. The molecule has 0 radical (unpaired) electrons. The molecule has 0 unspecified atom stereocenters. The first-order valence-corrected chi connectivity index (χ1v) is 8.83. The van der Waals surface area contributed by atoms with Crippen LogP contribution in [0.2, 0.25) is 0 Å². The molecule has 0 spiro atoms. The molecular formula is C19H32N3O2+. The fraction of sp³-hybridized carbons (Fsp3) is 0.579. The van der Waals surface area contributed by atoms with Gasteiger partial charge in [-0.05, 0) is 25.3 Å². The van der Waals surface area contributed by atoms with Crippen LogP contribution in [-0.2, 0) is 22.7 Å². The van der Waals surface area contributed by atoms with Gasteiger partial charge in [0.15, 0.2) is 0 Å². The number of carbonyl (C=O) groups is 2. The quantitative estimate of drug-likeness (QED) is 0.628. The number of quaternary nitrogens is 1. The number of hydrogen-bond donors (Lipinski definition) is 3. The van der Waals surface area contributed by atoms with Gasteiger partial charge in [-0.15, -0.1) is 0 Å². The van der Waals surface area contributed by atoms with Crippen LogP contribution in [0.3, 0.4) is 0 Å². The number of carbonyl (C=O) groups excluding carboxylic acids is 2. The van der Waals surface area contributed by atoms with Crippen molar-refractivity contribution >= 4 is 11.8 Å². The van der Waals surface area contributed by atoms with Gasteiger partial charge in [-0.25, -0.2) is 0 Å². The second kappa shape index (κ2) is 10.1. The van der Waals surface area contributed by atoms with Crippen LogP contribution in [0.25, 0.3) is 0 Å². The summed E-state index contributed by atoms with van der Waals surface area (Å²) in [7, 11) is 0. The van der Waals surface area contributed by atoms with Crippen molar-refractivity contribution < 1.29 is 14.5 Å². The lowest BCUT2D eigenvalue weighted by molar-refractivity contribution is -0.910. The summed E-state index contributed by atoms with van der Waals surface area (Å²) in [5, 5.41) is 5.61. The lowest BCUT2D eigenvalue weighted by atomic mass is 10.0. The number of nitrogens with one attached hydrogen (secondary N) is 3. The minimum atomic E-state index is -0.493. The average Bonchev–Trinajstić information content (AvgIpc) is 2.56. The van der Waals surface area contributed by atoms with E-state index in [4.69, 9.17) is 0 Å². The highest BCUT2D eigenvalue weighted by molar-refractivity contribution is 5.86. The third kappa shape index (κ3) is 6.71. The Hall–Kier alpha value is -1.88. The maximum Gasteiger partial charge on any atom is 0.243 e. The van der Waals surface area contributed by atoms with E-state index in [0.717, 1.165) is 25.2 Å². The lowest BCUT2D eigenvalue weighted by Crippen LogP contribution is -3.10. The first-order chi connectivity index (χ1) is 11.4. The van der Waals surface area contributed by atoms with Crippen molar-refractivity contribution in [2.24, 2.45) is 5.92 Å². The Bertz CT molecular complexity index is 522. The minimum absolute atomic E-state index is 0.0494. The average molecular weight is 334 g/mol. The van der Waals surface area contributed by atoms with Crippen molar-refractivity contribution in [2.45, 2.75) is 53.8 Å². The summed E-state index contributed by atoms with van der Waals surface area (Å²) in [5.41, 5.74) is 2.37. The Labute approximate surface area is 145 Å². The highest BCUT2D eigenvalue weighted by atomic mass is 16.2. The Balaban J connectivity index is 2.57. The van der Waals surface area contributed by atoms with Gasteiger partial charge in [0, 0.05) is 19.0 Å². The summed E-state index contributed by atoms with van der Waals surface area (Å²) in [6.07, 6.45) is 0. The maximum absolute atomic E-state index is 12.3. The smallest absolute Gasteiger partial charge is 0.243 e. The van der Waals surface area contributed by atoms with Crippen LogP contribution >= 0.6 is 0 Å². The normalized spacial score (nSPS) is 12.3. The molecule has 0 aromatic heterocycles. The highest BCUT2D eigenvalue weighted by Gasteiger charge is 2.22. The SMILES string of the molecule is CC[NH+](CC)Cc1ccc(CNC(=O)[C@H](NC(C)=O)C(C)C)cc1. The van der Waals surface area contributed by atoms with E-state index in [9.17, 15) is 9.59 Å². The minimum Gasteiger partial charge on any atom is -0.350 e. The summed E-state index contributed by atoms with van der Waals surface area (Å²) in [4.78, 5) is 25.0. The van der Waals surface area contributed by atoms with Crippen molar-refractivity contribution in [1.82, 2.24) is 10.6 Å². The Morgan fingerprint density at radius 1 is 1.04 bits per heavy atom. The van der Waals surface area contributed by atoms with Crippen LogP contribution in [-0.4, -0.2) is 30.9 Å². The summed E-state index contributed by atoms with van der Waals surface area (Å²) in [6.45, 7) is 13.4. The van der Waals surface area contributed by atoms with Crippen LogP contribution in [0.1, 0.15) is 45.7 Å². The molecule has 134 valence electrons. The van der Waals surface area contributed by atoms with Gasteiger partial charge >= 0.3 is 0 Å². The molecule has 1 aromatic rings. The topological polar surface area (TPSA) is 62.6 Å². The van der Waals surface area contributed by atoms with Crippen LogP contribution in [0.15, 0.2) is 24.3 Å². The van der Waals surface area contributed by atoms with E-state index in [0.29, 0.717) is 6.54 Å². The third-order valence-corrected chi connectivity index (χ3v) is 4.25. The molecule has 1 rings (SSSR count). The molecule has 2 amide bonds. The standard InChI is InChI=1S/C19H31N3O2/c1-6-22(7-2)13-17-10-8-16(9-11-17)12-20-19(24)18(14(3)4)21-15(5)23/h8-11,14,18H,6-7,12-13H2,1-5H3,(H,20,24)(H,21,23)/p+1/t18-/m1/s1. The van der Waals surface area contributed by atoms with Crippen LogP contribution in [0, 0.1) is 5.92 Å². The summed E-state index contributed by atoms with van der Waals surface area (Å²) >= 11 is 0. The number of hydrogen-bond acceptors (Lipinski definition) is 2. The maximum atomic E-state index is 12.3. The van der Waals surface area contributed by atoms with Crippen molar-refractivity contribution in [3.63, 3.8) is 0 Å². The van der Waals surface area contributed by atoms with E-state index in [-0.39, 0.29) is 17.7 Å². The van der Waals surface area contributed by atoms with Crippen LogP contribution in [0.4, 0.5) is 0 Å². The van der Waals surface area contributed by atoms with E-state index < -0.39 is 6.04 Å². The van der Waals surface area contributed by atoms with E-state index in [1.807, 2.05) is 13.8 Å². The number of rotatable bonds is 9. The van der Waals surface area contributed by atoms with Crippen LogP contribution < -0.4 is 15.5 Å². The third-order valence-electron chi connectivity index (χ3n) is 4.25. The zero-order chi connectivity index (χ0) is 18.1. The van der Waals surface area contributed by atoms with Crippen LogP contribution in [0.5, 0.6) is 0 Å². The molecule has 1 atom stereocenters. The van der Waals surface area contributed by atoms with Crippen molar-refractivity contribution in [1.29, 1.82) is 0 Å². The molecule has 0 saturated heterocycles. The molecule has 0 aliphatic rings.